The SMILES string of the molecule is CC(C)c1nn(C)c(Cl)c1C(O)c1ccc(Br)c(Cl)c1F. The van der Waals surface area contributed by atoms with Gasteiger partial charge in [0.2, 0.25) is 0 Å². The lowest BCUT2D eigenvalue weighted by Crippen LogP contribution is -2.06. The van der Waals surface area contributed by atoms with E-state index >= 15 is 0 Å². The van der Waals surface area contributed by atoms with Crippen LogP contribution in [0.3, 0.4) is 0 Å². The van der Waals surface area contributed by atoms with Gasteiger partial charge in [0, 0.05) is 22.6 Å². The smallest absolute Gasteiger partial charge is 0.149 e. The minimum Gasteiger partial charge on any atom is -0.383 e. The van der Waals surface area contributed by atoms with Crippen molar-refractivity contribution in [2.24, 2.45) is 7.05 Å². The highest BCUT2D eigenvalue weighted by molar-refractivity contribution is 9.10. The van der Waals surface area contributed by atoms with E-state index in [4.69, 9.17) is 23.2 Å². The molecular weight excluding hydrogens is 382 g/mol. The van der Waals surface area contributed by atoms with E-state index in [0.717, 1.165) is 0 Å². The van der Waals surface area contributed by atoms with Crippen molar-refractivity contribution >= 4 is 39.1 Å². The Labute approximate surface area is 140 Å². The van der Waals surface area contributed by atoms with Crippen LogP contribution in [-0.4, -0.2) is 14.9 Å². The van der Waals surface area contributed by atoms with E-state index in [-0.39, 0.29) is 21.7 Å². The van der Waals surface area contributed by atoms with Gasteiger partial charge in [-0.2, -0.15) is 5.10 Å². The number of hydrogen-bond donors (Lipinski definition) is 1. The van der Waals surface area contributed by atoms with E-state index in [1.165, 1.54) is 10.7 Å². The Bertz CT molecular complexity index is 688. The Hall–Kier alpha value is -0.620. The Morgan fingerprint density at radius 2 is 1.95 bits per heavy atom. The van der Waals surface area contributed by atoms with Gasteiger partial charge in [0.25, 0.3) is 0 Å². The normalized spacial score (nSPS) is 13.0. The van der Waals surface area contributed by atoms with Crippen LogP contribution >= 0.6 is 39.1 Å². The van der Waals surface area contributed by atoms with Gasteiger partial charge in [-0.25, -0.2) is 4.39 Å². The molecule has 0 aliphatic heterocycles. The van der Waals surface area contributed by atoms with Gasteiger partial charge >= 0.3 is 0 Å². The molecule has 0 aliphatic carbocycles. The molecule has 2 rings (SSSR count). The zero-order valence-corrected chi connectivity index (χ0v) is 14.8. The first-order chi connectivity index (χ1) is 9.75. The van der Waals surface area contributed by atoms with Crippen LogP contribution in [0.5, 0.6) is 0 Å². The van der Waals surface area contributed by atoms with Crippen LogP contribution in [0.2, 0.25) is 10.2 Å². The third-order valence-electron chi connectivity index (χ3n) is 3.22. The third-order valence-corrected chi connectivity index (χ3v) is 4.93. The van der Waals surface area contributed by atoms with Crippen LogP contribution in [0.25, 0.3) is 0 Å². The summed E-state index contributed by atoms with van der Waals surface area (Å²) in [5.74, 6) is -0.629. The topological polar surface area (TPSA) is 38.0 Å². The molecule has 21 heavy (non-hydrogen) atoms. The number of rotatable bonds is 3. The number of nitrogens with zero attached hydrogens (tertiary/aromatic N) is 2. The Kier molecular flexibility index (Phi) is 4.98. The maximum Gasteiger partial charge on any atom is 0.149 e. The van der Waals surface area contributed by atoms with Crippen LogP contribution in [0.15, 0.2) is 16.6 Å². The van der Waals surface area contributed by atoms with Gasteiger partial charge in [0.15, 0.2) is 0 Å². The Balaban J connectivity index is 2.60. The summed E-state index contributed by atoms with van der Waals surface area (Å²) in [6.45, 7) is 3.86. The van der Waals surface area contributed by atoms with Gasteiger partial charge in [0.1, 0.15) is 17.1 Å². The molecule has 1 N–H and O–H groups in total. The number of benzene rings is 1. The molecule has 1 unspecified atom stereocenters. The first-order valence-electron chi connectivity index (χ1n) is 6.29. The molecule has 1 atom stereocenters. The number of halogens is 4. The van der Waals surface area contributed by atoms with Crippen molar-refractivity contribution in [2.45, 2.75) is 25.9 Å². The molecule has 114 valence electrons. The molecular formula is C14H14BrCl2FN2O. The fraction of sp³-hybridized carbons (Fsp3) is 0.357. The highest BCUT2D eigenvalue weighted by Gasteiger charge is 2.27. The van der Waals surface area contributed by atoms with Gasteiger partial charge < -0.3 is 5.11 Å². The summed E-state index contributed by atoms with van der Waals surface area (Å²) in [5.41, 5.74) is 1.11. The summed E-state index contributed by atoms with van der Waals surface area (Å²) in [4.78, 5) is 0. The molecule has 0 saturated heterocycles. The summed E-state index contributed by atoms with van der Waals surface area (Å²) in [6.07, 6.45) is -1.23. The summed E-state index contributed by atoms with van der Waals surface area (Å²) < 4.78 is 16.2. The first kappa shape index (κ1) is 16.7. The Morgan fingerprint density at radius 3 is 2.52 bits per heavy atom. The van der Waals surface area contributed by atoms with E-state index in [2.05, 4.69) is 21.0 Å². The maximum atomic E-state index is 14.3. The van der Waals surface area contributed by atoms with Crippen LogP contribution in [0, 0.1) is 5.82 Å². The van der Waals surface area contributed by atoms with Crippen molar-refractivity contribution in [3.8, 4) is 0 Å². The van der Waals surface area contributed by atoms with Gasteiger partial charge in [0.05, 0.1) is 10.7 Å². The predicted molar refractivity (Wildman–Crippen MR) is 85.5 cm³/mol. The summed E-state index contributed by atoms with van der Waals surface area (Å²) in [5, 5.41) is 15.1. The molecule has 0 spiro atoms. The number of hydrogen-bond acceptors (Lipinski definition) is 2. The largest absolute Gasteiger partial charge is 0.383 e. The minimum atomic E-state index is -1.23. The quantitative estimate of drug-likeness (QED) is 0.755. The lowest BCUT2D eigenvalue weighted by atomic mass is 9.97. The van der Waals surface area contributed by atoms with Gasteiger partial charge in [-0.1, -0.05) is 43.1 Å². The van der Waals surface area contributed by atoms with Crippen LogP contribution < -0.4 is 0 Å². The first-order valence-corrected chi connectivity index (χ1v) is 7.84. The molecule has 0 aliphatic rings. The molecule has 1 aromatic carbocycles. The number of aliphatic hydroxyl groups excluding tert-OH is 1. The van der Waals surface area contributed by atoms with Crippen molar-refractivity contribution in [3.63, 3.8) is 0 Å². The minimum absolute atomic E-state index is 0.0438. The molecule has 0 bridgehead atoms. The predicted octanol–water partition coefficient (Wildman–Crippen LogP) is 4.83. The van der Waals surface area contributed by atoms with Gasteiger partial charge in [-0.3, -0.25) is 4.68 Å². The highest BCUT2D eigenvalue weighted by Crippen LogP contribution is 2.38. The molecule has 3 nitrogen and oxygen atoms in total. The summed E-state index contributed by atoms with van der Waals surface area (Å²) in [6, 6.07) is 3.06. The molecule has 1 aromatic heterocycles. The van der Waals surface area contributed by atoms with Crippen LogP contribution in [0.1, 0.15) is 42.7 Å². The molecule has 0 amide bonds. The lowest BCUT2D eigenvalue weighted by molar-refractivity contribution is 0.213. The molecule has 2 aromatic rings. The standard InChI is InChI=1S/C14H14BrCl2FN2O/c1-6(2)12-9(14(17)20(3)19-12)13(21)7-4-5-8(15)10(16)11(7)18/h4-6,13,21H,1-3H3. The van der Waals surface area contributed by atoms with Gasteiger partial charge in [-0.15, -0.1) is 0 Å². The summed E-state index contributed by atoms with van der Waals surface area (Å²) in [7, 11) is 1.68. The summed E-state index contributed by atoms with van der Waals surface area (Å²) >= 11 is 15.2. The molecule has 7 heteroatoms. The van der Waals surface area contributed by atoms with Crippen molar-refractivity contribution in [2.75, 3.05) is 0 Å². The van der Waals surface area contributed by atoms with E-state index in [1.807, 2.05) is 13.8 Å². The van der Waals surface area contributed by atoms with Crippen molar-refractivity contribution in [1.82, 2.24) is 9.78 Å². The van der Waals surface area contributed by atoms with Crippen molar-refractivity contribution in [3.05, 3.63) is 49.4 Å². The number of aryl methyl sites for hydroxylation is 1. The maximum absolute atomic E-state index is 14.3. The van der Waals surface area contributed by atoms with E-state index < -0.39 is 11.9 Å². The second-order valence-electron chi connectivity index (χ2n) is 5.04. The molecule has 0 radical (unpaired) electrons. The zero-order valence-electron chi connectivity index (χ0n) is 11.7. The average molecular weight is 396 g/mol. The van der Waals surface area contributed by atoms with Crippen LogP contribution in [-0.2, 0) is 7.05 Å². The zero-order chi connectivity index (χ0) is 15.9. The monoisotopic (exact) mass is 394 g/mol. The fourth-order valence-corrected chi connectivity index (χ4v) is 2.84. The van der Waals surface area contributed by atoms with Crippen molar-refractivity contribution in [1.29, 1.82) is 0 Å². The average Bonchev–Trinajstić information content (AvgIpc) is 2.72. The molecule has 0 fully saturated rings. The number of aliphatic hydroxyl groups is 1. The lowest BCUT2D eigenvalue weighted by Gasteiger charge is -2.15. The van der Waals surface area contributed by atoms with E-state index in [1.54, 1.807) is 13.1 Å². The molecule has 1 heterocycles. The number of aromatic nitrogens is 2. The van der Waals surface area contributed by atoms with E-state index in [9.17, 15) is 9.50 Å². The van der Waals surface area contributed by atoms with E-state index in [0.29, 0.717) is 15.7 Å². The van der Waals surface area contributed by atoms with Crippen molar-refractivity contribution < 1.29 is 9.50 Å². The Morgan fingerprint density at radius 1 is 1.33 bits per heavy atom. The second kappa shape index (κ2) is 6.24. The highest BCUT2D eigenvalue weighted by atomic mass is 79.9. The van der Waals surface area contributed by atoms with Gasteiger partial charge in [-0.05, 0) is 27.9 Å². The molecule has 0 saturated carbocycles. The second-order valence-corrected chi connectivity index (χ2v) is 6.63. The van der Waals surface area contributed by atoms with Crippen LogP contribution in [0.4, 0.5) is 4.39 Å². The fourth-order valence-electron chi connectivity index (χ4n) is 2.13. The third kappa shape index (κ3) is 2.97.